The number of aromatic nitrogens is 3. The summed E-state index contributed by atoms with van der Waals surface area (Å²) in [6, 6.07) is 17.1. The van der Waals surface area contributed by atoms with E-state index in [-0.39, 0.29) is 11.9 Å². The minimum absolute atomic E-state index is 0.213. The van der Waals surface area contributed by atoms with Crippen LogP contribution in [0.25, 0.3) is 22.2 Å². The zero-order valence-electron chi connectivity index (χ0n) is 14.9. The van der Waals surface area contributed by atoms with Crippen LogP contribution >= 0.6 is 11.8 Å². The van der Waals surface area contributed by atoms with Crippen LogP contribution in [0, 0.1) is 5.82 Å². The van der Waals surface area contributed by atoms with Gasteiger partial charge >= 0.3 is 0 Å². The van der Waals surface area contributed by atoms with E-state index in [0.717, 1.165) is 10.6 Å². The van der Waals surface area contributed by atoms with Crippen LogP contribution in [0.15, 0.2) is 71.9 Å². The second kappa shape index (κ2) is 7.74. The quantitative estimate of drug-likeness (QED) is 0.400. The van der Waals surface area contributed by atoms with Crippen molar-refractivity contribution in [2.45, 2.75) is 5.03 Å². The number of hydrogen-bond acceptors (Lipinski definition) is 5. The number of amides is 1. The Morgan fingerprint density at radius 1 is 1.04 bits per heavy atom. The molecule has 0 spiro atoms. The van der Waals surface area contributed by atoms with Crippen molar-refractivity contribution in [3.63, 3.8) is 0 Å². The van der Waals surface area contributed by atoms with Crippen LogP contribution in [-0.4, -0.2) is 27.1 Å². The molecule has 2 heterocycles. The topological polar surface area (TPSA) is 67.8 Å². The van der Waals surface area contributed by atoms with Crippen molar-refractivity contribution in [1.29, 1.82) is 0 Å². The minimum Gasteiger partial charge on any atom is -0.290 e. The van der Waals surface area contributed by atoms with Gasteiger partial charge in [0.05, 0.1) is 16.8 Å². The summed E-state index contributed by atoms with van der Waals surface area (Å²) < 4.78 is 13.8. The SMILES string of the molecule is CSc1ccnc(NC(=O)c2cc(-c3ccccc3)nc3cc(F)ccc23)n1. The minimum atomic E-state index is -0.410. The standard InChI is InChI=1S/C21H15FN4OS/c1-28-19-9-10-23-21(25-19)26-20(27)16-12-17(13-5-3-2-4-6-13)24-18-11-14(22)7-8-15(16)18/h2-12H,1H3,(H,23,25,26,27). The van der Waals surface area contributed by atoms with Crippen molar-refractivity contribution in [2.24, 2.45) is 0 Å². The van der Waals surface area contributed by atoms with E-state index < -0.39 is 5.82 Å². The Bertz CT molecular complexity index is 1170. The fourth-order valence-electron chi connectivity index (χ4n) is 2.83. The number of hydrogen-bond donors (Lipinski definition) is 1. The number of halogens is 1. The van der Waals surface area contributed by atoms with Gasteiger partial charge in [0.1, 0.15) is 10.8 Å². The molecular formula is C21H15FN4OS. The zero-order valence-corrected chi connectivity index (χ0v) is 15.7. The van der Waals surface area contributed by atoms with Crippen LogP contribution in [-0.2, 0) is 0 Å². The summed E-state index contributed by atoms with van der Waals surface area (Å²) in [7, 11) is 0. The average molecular weight is 390 g/mol. The summed E-state index contributed by atoms with van der Waals surface area (Å²) in [6.45, 7) is 0. The molecule has 138 valence electrons. The summed E-state index contributed by atoms with van der Waals surface area (Å²) in [5, 5.41) is 4.02. The lowest BCUT2D eigenvalue weighted by Gasteiger charge is -2.10. The van der Waals surface area contributed by atoms with Crippen LogP contribution in [0.3, 0.4) is 0 Å². The van der Waals surface area contributed by atoms with Crippen LogP contribution in [0.1, 0.15) is 10.4 Å². The number of carbonyl (C=O) groups excluding carboxylic acids is 1. The normalized spacial score (nSPS) is 10.8. The second-order valence-corrected chi connectivity index (χ2v) is 6.79. The van der Waals surface area contributed by atoms with Crippen LogP contribution in [0.2, 0.25) is 0 Å². The molecule has 0 aliphatic heterocycles. The average Bonchev–Trinajstić information content (AvgIpc) is 2.73. The van der Waals surface area contributed by atoms with E-state index in [9.17, 15) is 9.18 Å². The van der Waals surface area contributed by atoms with Gasteiger partial charge < -0.3 is 0 Å². The number of rotatable bonds is 4. The first-order valence-corrected chi connectivity index (χ1v) is 9.70. The van der Waals surface area contributed by atoms with E-state index in [1.165, 1.54) is 23.9 Å². The molecule has 0 saturated carbocycles. The Morgan fingerprint density at radius 3 is 2.64 bits per heavy atom. The molecule has 1 amide bonds. The number of anilines is 1. The highest BCUT2D eigenvalue weighted by molar-refractivity contribution is 7.98. The lowest BCUT2D eigenvalue weighted by molar-refractivity contribution is 0.102. The highest BCUT2D eigenvalue weighted by atomic mass is 32.2. The molecule has 7 heteroatoms. The van der Waals surface area contributed by atoms with Crippen molar-refractivity contribution in [2.75, 3.05) is 11.6 Å². The number of thioether (sulfide) groups is 1. The van der Waals surface area contributed by atoms with E-state index in [1.54, 1.807) is 24.4 Å². The summed E-state index contributed by atoms with van der Waals surface area (Å²) >= 11 is 1.46. The summed E-state index contributed by atoms with van der Waals surface area (Å²) in [6.07, 6.45) is 3.48. The Balaban J connectivity index is 1.81. The molecule has 2 aromatic carbocycles. The van der Waals surface area contributed by atoms with Gasteiger partial charge in [0.25, 0.3) is 5.91 Å². The Hall–Kier alpha value is -3.32. The molecule has 4 aromatic rings. The van der Waals surface area contributed by atoms with Gasteiger partial charge in [-0.15, -0.1) is 11.8 Å². The molecule has 4 rings (SSSR count). The first-order chi connectivity index (χ1) is 13.6. The highest BCUT2D eigenvalue weighted by Gasteiger charge is 2.16. The number of benzene rings is 2. The smallest absolute Gasteiger partial charge is 0.258 e. The molecule has 0 atom stereocenters. The summed E-state index contributed by atoms with van der Waals surface area (Å²) in [4.78, 5) is 25.9. The van der Waals surface area contributed by atoms with E-state index >= 15 is 0 Å². The van der Waals surface area contributed by atoms with Gasteiger partial charge in [-0.2, -0.15) is 0 Å². The third-order valence-electron chi connectivity index (χ3n) is 4.15. The molecule has 0 radical (unpaired) electrons. The zero-order chi connectivity index (χ0) is 19.5. The molecule has 5 nitrogen and oxygen atoms in total. The predicted octanol–water partition coefficient (Wildman–Crippen LogP) is 4.81. The molecular weight excluding hydrogens is 375 g/mol. The van der Waals surface area contributed by atoms with Crippen LogP contribution in [0.5, 0.6) is 0 Å². The third kappa shape index (κ3) is 3.70. The van der Waals surface area contributed by atoms with E-state index in [2.05, 4.69) is 20.3 Å². The van der Waals surface area contributed by atoms with Crippen molar-refractivity contribution in [1.82, 2.24) is 15.0 Å². The largest absolute Gasteiger partial charge is 0.290 e. The molecule has 1 N–H and O–H groups in total. The fourth-order valence-corrected chi connectivity index (χ4v) is 3.21. The highest BCUT2D eigenvalue weighted by Crippen LogP contribution is 2.26. The third-order valence-corrected chi connectivity index (χ3v) is 4.80. The molecule has 0 bridgehead atoms. The number of nitrogens with zero attached hydrogens (tertiary/aromatic N) is 3. The second-order valence-electron chi connectivity index (χ2n) is 5.96. The van der Waals surface area contributed by atoms with Crippen molar-refractivity contribution >= 4 is 34.5 Å². The van der Waals surface area contributed by atoms with Gasteiger partial charge in [-0.3, -0.25) is 10.1 Å². The van der Waals surface area contributed by atoms with Crippen molar-refractivity contribution < 1.29 is 9.18 Å². The first kappa shape index (κ1) is 18.1. The van der Waals surface area contributed by atoms with Crippen molar-refractivity contribution in [3.05, 3.63) is 78.2 Å². The monoisotopic (exact) mass is 390 g/mol. The van der Waals surface area contributed by atoms with Gasteiger partial charge in [-0.25, -0.2) is 19.3 Å². The Morgan fingerprint density at radius 2 is 1.86 bits per heavy atom. The van der Waals surface area contributed by atoms with E-state index in [0.29, 0.717) is 22.2 Å². The lowest BCUT2D eigenvalue weighted by Crippen LogP contribution is -2.15. The maximum atomic E-state index is 13.8. The molecule has 0 fully saturated rings. The van der Waals surface area contributed by atoms with Gasteiger partial charge in [0, 0.05) is 23.2 Å². The summed E-state index contributed by atoms with van der Waals surface area (Å²) in [5.74, 6) is -0.577. The molecule has 2 aromatic heterocycles. The van der Waals surface area contributed by atoms with Gasteiger partial charge in [0.2, 0.25) is 5.95 Å². The molecule has 0 unspecified atom stereocenters. The Kier molecular flexibility index (Phi) is 4.99. The van der Waals surface area contributed by atoms with E-state index in [1.807, 2.05) is 36.6 Å². The summed E-state index contributed by atoms with van der Waals surface area (Å²) in [5.41, 5.74) is 2.21. The lowest BCUT2D eigenvalue weighted by atomic mass is 10.0. The number of carbonyl (C=O) groups is 1. The number of fused-ring (bicyclic) bond motifs is 1. The molecule has 28 heavy (non-hydrogen) atoms. The number of nitrogens with one attached hydrogen (secondary N) is 1. The van der Waals surface area contributed by atoms with Gasteiger partial charge in [-0.1, -0.05) is 30.3 Å². The first-order valence-electron chi connectivity index (χ1n) is 8.48. The maximum absolute atomic E-state index is 13.8. The van der Waals surface area contributed by atoms with Crippen LogP contribution in [0.4, 0.5) is 10.3 Å². The molecule has 0 aliphatic rings. The van der Waals surface area contributed by atoms with Crippen LogP contribution < -0.4 is 5.32 Å². The maximum Gasteiger partial charge on any atom is 0.258 e. The molecule has 0 aliphatic carbocycles. The predicted molar refractivity (Wildman–Crippen MR) is 109 cm³/mol. The molecule has 0 saturated heterocycles. The van der Waals surface area contributed by atoms with Gasteiger partial charge in [0.15, 0.2) is 0 Å². The van der Waals surface area contributed by atoms with Gasteiger partial charge in [-0.05, 0) is 30.5 Å². The van der Waals surface area contributed by atoms with E-state index in [4.69, 9.17) is 0 Å². The Labute approximate surface area is 165 Å². The fraction of sp³-hybridized carbons (Fsp3) is 0.0476. The van der Waals surface area contributed by atoms with Crippen molar-refractivity contribution in [3.8, 4) is 11.3 Å². The number of pyridine rings is 1.